The topological polar surface area (TPSA) is 34.1 Å². The van der Waals surface area contributed by atoms with E-state index in [2.05, 4.69) is 72.3 Å². The lowest BCUT2D eigenvalue weighted by Crippen LogP contribution is -2.05. The van der Waals surface area contributed by atoms with Gasteiger partial charge in [0.1, 0.15) is 0 Å². The van der Waals surface area contributed by atoms with Crippen LogP contribution in [0, 0.1) is 24.7 Å². The highest BCUT2D eigenvalue weighted by atomic mass is 19.4. The van der Waals surface area contributed by atoms with E-state index in [1.807, 2.05) is 45.9 Å². The van der Waals surface area contributed by atoms with Gasteiger partial charge in [-0.1, -0.05) is 116 Å². The number of rotatable bonds is 11. The summed E-state index contributed by atoms with van der Waals surface area (Å²) >= 11 is 0. The SMILES string of the molecule is C#C.C=CC(=O)C(C)C.CC.CC/C=C\C=C(/C)C(C)CC.CCCc1ccc(Cc2ccc(C(F)(F)F)cc2)cc1C(C)=O. The van der Waals surface area contributed by atoms with Crippen LogP contribution in [-0.2, 0) is 23.8 Å². The Kier molecular flexibility index (Phi) is 27.2. The van der Waals surface area contributed by atoms with E-state index >= 15 is 0 Å². The third-order valence-electron chi connectivity index (χ3n) is 6.65. The number of carbonyl (C=O) groups is 2. The number of allylic oxidation sites excluding steroid dienone is 5. The molecule has 0 spiro atoms. The van der Waals surface area contributed by atoms with E-state index in [0.29, 0.717) is 12.0 Å². The fraction of sp³-hybridized carbons (Fsp3) is 0.450. The number of carbonyl (C=O) groups excluding carboxylic acids is 2. The van der Waals surface area contributed by atoms with Crippen molar-refractivity contribution < 1.29 is 22.8 Å². The molecule has 2 nitrogen and oxygen atoms in total. The minimum Gasteiger partial charge on any atom is -0.295 e. The standard InChI is InChI=1S/C19H19F3O.C11H20.C6H10O.C2H6.C2H2/c1-3-4-16-8-5-15(12-18(16)13(2)23)11-14-6-9-17(10-7-14)19(20,21)22;1-5-7-8-9-11(4)10(3)6-2;1-4-6(7)5(2)3;2*1-2/h5-10,12H,3-4,11H2,1-2H3;7-10H,5-6H2,1-4H3;4-5H,1H2,2-3H3;1-2H3;1-2H/b;8-7-,11-9+;;;. The van der Waals surface area contributed by atoms with Crippen LogP contribution in [0.15, 0.2) is 78.9 Å². The minimum absolute atomic E-state index is 0.0164. The van der Waals surface area contributed by atoms with Crippen LogP contribution in [0.4, 0.5) is 13.2 Å². The smallest absolute Gasteiger partial charge is 0.295 e. The summed E-state index contributed by atoms with van der Waals surface area (Å²) < 4.78 is 37.7. The first-order valence-electron chi connectivity index (χ1n) is 15.8. The molecule has 0 saturated heterocycles. The Balaban J connectivity index is -0.000000668. The average Bonchev–Trinajstić information content (AvgIpc) is 3.03. The molecule has 45 heavy (non-hydrogen) atoms. The molecule has 0 aromatic heterocycles. The van der Waals surface area contributed by atoms with Crippen molar-refractivity contribution in [3.63, 3.8) is 0 Å². The normalized spacial score (nSPS) is 11.3. The largest absolute Gasteiger partial charge is 0.416 e. The van der Waals surface area contributed by atoms with Crippen molar-refractivity contribution in [3.05, 3.63) is 107 Å². The first-order chi connectivity index (χ1) is 21.2. The molecule has 0 saturated carbocycles. The van der Waals surface area contributed by atoms with Gasteiger partial charge in [-0.15, -0.1) is 12.8 Å². The number of hydrogen-bond donors (Lipinski definition) is 0. The van der Waals surface area contributed by atoms with E-state index in [1.165, 1.54) is 37.1 Å². The summed E-state index contributed by atoms with van der Waals surface area (Å²) in [6, 6.07) is 10.9. The monoisotopic (exact) mass is 626 g/mol. The second-order valence-corrected chi connectivity index (χ2v) is 10.5. The minimum atomic E-state index is -4.32. The lowest BCUT2D eigenvalue weighted by atomic mass is 9.95. The molecule has 0 N–H and O–H groups in total. The molecule has 1 atom stereocenters. The van der Waals surface area contributed by atoms with Gasteiger partial charge in [-0.05, 0) is 86.4 Å². The van der Waals surface area contributed by atoms with E-state index < -0.39 is 11.7 Å². The molecule has 0 aliphatic carbocycles. The van der Waals surface area contributed by atoms with Gasteiger partial charge in [-0.25, -0.2) is 0 Å². The molecular weight excluding hydrogens is 569 g/mol. The van der Waals surface area contributed by atoms with E-state index in [-0.39, 0.29) is 17.5 Å². The summed E-state index contributed by atoms with van der Waals surface area (Å²) in [5.74, 6) is 0.969. The number of halogens is 3. The number of Topliss-reactive ketones (excluding diaryl/α,β-unsaturated/α-hetero) is 1. The average molecular weight is 627 g/mol. The second kappa shape index (κ2) is 26.7. The Morgan fingerprint density at radius 1 is 0.911 bits per heavy atom. The van der Waals surface area contributed by atoms with Gasteiger partial charge in [-0.2, -0.15) is 13.2 Å². The molecule has 2 rings (SSSR count). The molecule has 0 aliphatic heterocycles. The number of alkyl halides is 3. The lowest BCUT2D eigenvalue weighted by Gasteiger charge is -2.10. The molecular formula is C40H57F3O2. The predicted octanol–water partition coefficient (Wildman–Crippen LogP) is 12.1. The zero-order valence-electron chi connectivity index (χ0n) is 29.4. The highest BCUT2D eigenvalue weighted by molar-refractivity contribution is 5.95. The second-order valence-electron chi connectivity index (χ2n) is 10.5. The van der Waals surface area contributed by atoms with Crippen molar-refractivity contribution in [2.45, 2.75) is 108 Å². The fourth-order valence-corrected chi connectivity index (χ4v) is 3.67. The summed E-state index contributed by atoms with van der Waals surface area (Å²) in [6.45, 7) is 23.5. The van der Waals surface area contributed by atoms with Crippen molar-refractivity contribution in [2.24, 2.45) is 11.8 Å². The summed E-state index contributed by atoms with van der Waals surface area (Å²) in [5, 5.41) is 0. The van der Waals surface area contributed by atoms with Crippen LogP contribution < -0.4 is 0 Å². The first kappa shape index (κ1) is 45.8. The fourth-order valence-electron chi connectivity index (χ4n) is 3.67. The third-order valence-corrected chi connectivity index (χ3v) is 6.65. The Morgan fingerprint density at radius 3 is 1.82 bits per heavy atom. The molecule has 5 heteroatoms. The van der Waals surface area contributed by atoms with Crippen molar-refractivity contribution in [1.29, 1.82) is 0 Å². The molecule has 250 valence electrons. The summed E-state index contributed by atoms with van der Waals surface area (Å²) in [5.41, 5.74) is 4.28. The number of ketones is 2. The van der Waals surface area contributed by atoms with E-state index in [0.717, 1.165) is 54.0 Å². The maximum Gasteiger partial charge on any atom is 0.416 e. The van der Waals surface area contributed by atoms with E-state index in [1.54, 1.807) is 0 Å². The Hall–Kier alpha value is -3.65. The van der Waals surface area contributed by atoms with Gasteiger partial charge in [0.15, 0.2) is 11.6 Å². The van der Waals surface area contributed by atoms with Crippen LogP contribution in [0.5, 0.6) is 0 Å². The van der Waals surface area contributed by atoms with Gasteiger partial charge in [0, 0.05) is 11.5 Å². The lowest BCUT2D eigenvalue weighted by molar-refractivity contribution is -0.137. The number of hydrogen-bond acceptors (Lipinski definition) is 2. The molecule has 0 fully saturated rings. The molecule has 0 heterocycles. The third kappa shape index (κ3) is 20.8. The van der Waals surface area contributed by atoms with E-state index in [4.69, 9.17) is 0 Å². The van der Waals surface area contributed by atoms with Gasteiger partial charge in [0.05, 0.1) is 5.56 Å². The van der Waals surface area contributed by atoms with Gasteiger partial charge >= 0.3 is 6.18 Å². The van der Waals surface area contributed by atoms with Crippen molar-refractivity contribution in [2.75, 3.05) is 0 Å². The van der Waals surface area contributed by atoms with Gasteiger partial charge < -0.3 is 0 Å². The van der Waals surface area contributed by atoms with Crippen molar-refractivity contribution in [3.8, 4) is 12.8 Å². The van der Waals surface area contributed by atoms with Crippen LogP contribution in [0.2, 0.25) is 0 Å². The highest BCUT2D eigenvalue weighted by Crippen LogP contribution is 2.29. The van der Waals surface area contributed by atoms with Crippen molar-refractivity contribution >= 4 is 11.6 Å². The van der Waals surface area contributed by atoms with Crippen LogP contribution in [0.1, 0.15) is 121 Å². The molecule has 0 bridgehead atoms. The highest BCUT2D eigenvalue weighted by Gasteiger charge is 2.29. The number of benzene rings is 2. The Morgan fingerprint density at radius 2 is 1.44 bits per heavy atom. The molecule has 2 aromatic carbocycles. The van der Waals surface area contributed by atoms with Crippen LogP contribution in [0.3, 0.4) is 0 Å². The molecule has 1 unspecified atom stereocenters. The van der Waals surface area contributed by atoms with Crippen LogP contribution in [0.25, 0.3) is 0 Å². The quantitative estimate of drug-likeness (QED) is 0.108. The molecule has 2 aromatic rings. The maximum atomic E-state index is 12.6. The molecule has 0 aliphatic rings. The van der Waals surface area contributed by atoms with Crippen molar-refractivity contribution in [1.82, 2.24) is 0 Å². The van der Waals surface area contributed by atoms with Gasteiger partial charge in [0.2, 0.25) is 0 Å². The zero-order valence-corrected chi connectivity index (χ0v) is 29.4. The first-order valence-corrected chi connectivity index (χ1v) is 15.8. The van der Waals surface area contributed by atoms with Crippen LogP contribution >= 0.6 is 0 Å². The molecule has 0 amide bonds. The zero-order chi connectivity index (χ0) is 35.6. The maximum absolute atomic E-state index is 12.6. The Bertz CT molecular complexity index is 1180. The summed E-state index contributed by atoms with van der Waals surface area (Å²) in [7, 11) is 0. The van der Waals surface area contributed by atoms with Gasteiger partial charge in [-0.3, -0.25) is 9.59 Å². The molecule has 0 radical (unpaired) electrons. The van der Waals surface area contributed by atoms with Crippen LogP contribution in [-0.4, -0.2) is 11.6 Å². The van der Waals surface area contributed by atoms with E-state index in [9.17, 15) is 22.8 Å². The summed E-state index contributed by atoms with van der Waals surface area (Å²) in [6.07, 6.45) is 16.3. The Labute approximate surface area is 272 Å². The number of terminal acetylenes is 1. The van der Waals surface area contributed by atoms with Gasteiger partial charge in [0.25, 0.3) is 0 Å². The summed E-state index contributed by atoms with van der Waals surface area (Å²) in [4.78, 5) is 22.2. The predicted molar refractivity (Wildman–Crippen MR) is 189 cm³/mol. The number of aryl methyl sites for hydroxylation is 1.